The molecule has 0 radical (unpaired) electrons. The summed E-state index contributed by atoms with van der Waals surface area (Å²) in [5.74, 6) is -0.203. The van der Waals surface area contributed by atoms with Gasteiger partial charge in [-0.25, -0.2) is 8.42 Å². The number of aliphatic hydroxyl groups excluding tert-OH is 1. The van der Waals surface area contributed by atoms with Crippen molar-refractivity contribution in [1.29, 1.82) is 0 Å². The van der Waals surface area contributed by atoms with E-state index in [1.807, 2.05) is 0 Å². The maximum absolute atomic E-state index is 10.5. The molecule has 6 heteroatoms. The van der Waals surface area contributed by atoms with Gasteiger partial charge in [0, 0.05) is 5.75 Å². The van der Waals surface area contributed by atoms with E-state index in [-0.39, 0.29) is 63.2 Å². The third-order valence-corrected chi connectivity index (χ3v) is 6.11. The van der Waals surface area contributed by atoms with E-state index in [0.717, 1.165) is 32.1 Å². The van der Waals surface area contributed by atoms with Gasteiger partial charge in [0.25, 0.3) is 0 Å². The van der Waals surface area contributed by atoms with Gasteiger partial charge in [-0.2, -0.15) is 0 Å². The van der Waals surface area contributed by atoms with Crippen LogP contribution in [0.1, 0.15) is 129 Å². The molecular weight excluding hydrogens is 399 g/mol. The number of rotatable bonds is 21. The molecule has 0 amide bonds. The Bertz CT molecular complexity index is 401. The molecule has 28 heavy (non-hydrogen) atoms. The van der Waals surface area contributed by atoms with Crippen molar-refractivity contribution in [3.8, 4) is 0 Å². The van der Waals surface area contributed by atoms with E-state index in [1.165, 1.54) is 83.5 Å². The Morgan fingerprint density at radius 3 is 1.32 bits per heavy atom. The molecule has 0 aromatic carbocycles. The molecule has 1 N–H and O–H groups in total. The van der Waals surface area contributed by atoms with Crippen molar-refractivity contribution in [2.45, 2.75) is 135 Å². The zero-order valence-corrected chi connectivity index (χ0v) is 22.7. The van der Waals surface area contributed by atoms with Crippen molar-refractivity contribution < 1.29 is 69.5 Å². The van der Waals surface area contributed by atoms with Crippen molar-refractivity contribution in [2.24, 2.45) is 0 Å². The van der Waals surface area contributed by atoms with Crippen LogP contribution in [0.15, 0.2) is 0 Å². The smallest absolute Gasteiger partial charge is 0.748 e. The summed E-state index contributed by atoms with van der Waals surface area (Å²) in [4.78, 5) is 0. The minimum absolute atomic E-state index is 0. The summed E-state index contributed by atoms with van der Waals surface area (Å²) in [5, 5.41) is 9.93. The molecule has 0 fully saturated rings. The van der Waals surface area contributed by atoms with Gasteiger partial charge in [-0.3, -0.25) is 0 Å². The second-order valence-corrected chi connectivity index (χ2v) is 9.67. The summed E-state index contributed by atoms with van der Waals surface area (Å²) < 4.78 is 31.4. The van der Waals surface area contributed by atoms with Gasteiger partial charge in [0.1, 0.15) is 0 Å². The third kappa shape index (κ3) is 27.5. The van der Waals surface area contributed by atoms with Gasteiger partial charge in [-0.05, 0) is 19.3 Å². The molecule has 0 heterocycles. The Kier molecular flexibility index (Phi) is 26.2. The normalized spacial score (nSPS) is 12.7. The van der Waals surface area contributed by atoms with Crippen LogP contribution in [0.4, 0.5) is 0 Å². The van der Waals surface area contributed by atoms with Crippen LogP contribution < -0.4 is 51.4 Å². The Morgan fingerprint density at radius 2 is 0.964 bits per heavy atom. The van der Waals surface area contributed by atoms with Crippen molar-refractivity contribution in [3.05, 3.63) is 0 Å². The molecule has 0 saturated heterocycles. The van der Waals surface area contributed by atoms with E-state index in [1.54, 1.807) is 0 Å². The second-order valence-electron chi connectivity index (χ2n) is 8.15. The van der Waals surface area contributed by atoms with Crippen LogP contribution in [0.25, 0.3) is 0 Å². The van der Waals surface area contributed by atoms with E-state index >= 15 is 0 Å². The fraction of sp³-hybridized carbons (Fsp3) is 1.00. The molecule has 0 aromatic rings. The van der Waals surface area contributed by atoms with E-state index in [9.17, 15) is 18.1 Å². The molecule has 0 saturated carbocycles. The van der Waals surface area contributed by atoms with E-state index < -0.39 is 10.1 Å². The number of aliphatic hydroxyl groups is 1. The molecule has 164 valence electrons. The Hall–Kier alpha value is 1.51. The largest absolute Gasteiger partial charge is 1.00 e. The summed E-state index contributed by atoms with van der Waals surface area (Å²) in [6.07, 6.45) is 21.9. The maximum Gasteiger partial charge on any atom is 1.00 e. The van der Waals surface area contributed by atoms with Crippen LogP contribution >= 0.6 is 0 Å². The first-order valence-corrected chi connectivity index (χ1v) is 13.1. The molecule has 1 unspecified atom stereocenters. The van der Waals surface area contributed by atoms with Gasteiger partial charge in [0.05, 0.1) is 16.2 Å². The number of hydrogen-bond donors (Lipinski definition) is 1. The Balaban J connectivity index is 0. The first-order valence-electron chi connectivity index (χ1n) is 11.6. The van der Waals surface area contributed by atoms with Gasteiger partial charge in [-0.1, -0.05) is 110 Å². The summed E-state index contributed by atoms with van der Waals surface area (Å²) >= 11 is 0. The summed E-state index contributed by atoms with van der Waals surface area (Å²) in [7, 11) is -4.01. The van der Waals surface area contributed by atoms with Crippen LogP contribution in [0.2, 0.25) is 0 Å². The van der Waals surface area contributed by atoms with Crippen molar-refractivity contribution in [3.63, 3.8) is 0 Å². The standard InChI is InChI=1S/C22H46O4S.K/c1-2-3-4-16-19-22(23)20-17-14-12-10-8-6-5-7-9-11-13-15-18-21-27(24,25)26;/h22-23H,2-21H2,1H3,(H,24,25,26);/q;+1/p-1. The second kappa shape index (κ2) is 23.2. The van der Waals surface area contributed by atoms with E-state index in [0.29, 0.717) is 6.42 Å². The molecular formula is C22H45KO4S. The molecule has 0 rings (SSSR count). The van der Waals surface area contributed by atoms with E-state index in [4.69, 9.17) is 0 Å². The number of hydrogen-bond acceptors (Lipinski definition) is 4. The molecule has 0 aliphatic rings. The fourth-order valence-corrected chi connectivity index (χ4v) is 4.11. The average molecular weight is 445 g/mol. The van der Waals surface area contributed by atoms with Crippen LogP contribution in [0.5, 0.6) is 0 Å². The average Bonchev–Trinajstić information content (AvgIpc) is 2.61. The van der Waals surface area contributed by atoms with Gasteiger partial charge in [0.15, 0.2) is 0 Å². The SMILES string of the molecule is CCCCCCC(O)CCCCCCCCCCCCCCCS(=O)(=O)[O-].[K+]. The summed E-state index contributed by atoms with van der Waals surface area (Å²) in [6, 6.07) is 0. The first kappa shape index (κ1) is 31.7. The third-order valence-electron chi connectivity index (χ3n) is 5.32. The Morgan fingerprint density at radius 1 is 0.643 bits per heavy atom. The molecule has 0 bridgehead atoms. The molecule has 0 aliphatic carbocycles. The van der Waals surface area contributed by atoms with E-state index in [2.05, 4.69) is 6.92 Å². The topological polar surface area (TPSA) is 77.4 Å². The predicted molar refractivity (Wildman–Crippen MR) is 114 cm³/mol. The van der Waals surface area contributed by atoms with Gasteiger partial charge in [0.2, 0.25) is 0 Å². The quantitative estimate of drug-likeness (QED) is 0.167. The first-order chi connectivity index (χ1) is 13.0. The monoisotopic (exact) mass is 444 g/mol. The molecule has 1 atom stereocenters. The van der Waals surface area contributed by atoms with Crippen LogP contribution in [-0.2, 0) is 10.1 Å². The van der Waals surface area contributed by atoms with Crippen LogP contribution in [0.3, 0.4) is 0 Å². The van der Waals surface area contributed by atoms with Crippen LogP contribution in [-0.4, -0.2) is 29.9 Å². The zero-order chi connectivity index (χ0) is 20.2. The van der Waals surface area contributed by atoms with Gasteiger partial charge >= 0.3 is 51.4 Å². The van der Waals surface area contributed by atoms with Gasteiger partial charge in [-0.15, -0.1) is 0 Å². The number of unbranched alkanes of at least 4 members (excludes halogenated alkanes) is 15. The Labute approximate surface area is 218 Å². The predicted octanol–water partition coefficient (Wildman–Crippen LogP) is 3.33. The maximum atomic E-state index is 10.5. The molecule has 0 aromatic heterocycles. The minimum Gasteiger partial charge on any atom is -0.748 e. The fourth-order valence-electron chi connectivity index (χ4n) is 3.55. The van der Waals surface area contributed by atoms with Crippen molar-refractivity contribution >= 4 is 10.1 Å². The summed E-state index contributed by atoms with van der Waals surface area (Å²) in [5.41, 5.74) is 0. The van der Waals surface area contributed by atoms with Gasteiger partial charge < -0.3 is 9.66 Å². The van der Waals surface area contributed by atoms with Crippen molar-refractivity contribution in [1.82, 2.24) is 0 Å². The molecule has 4 nitrogen and oxygen atoms in total. The molecule has 0 spiro atoms. The van der Waals surface area contributed by atoms with Crippen molar-refractivity contribution in [2.75, 3.05) is 5.75 Å². The molecule has 0 aliphatic heterocycles. The zero-order valence-electron chi connectivity index (χ0n) is 18.8. The summed E-state index contributed by atoms with van der Waals surface area (Å²) in [6.45, 7) is 2.22. The van der Waals surface area contributed by atoms with Crippen LogP contribution in [0, 0.1) is 0 Å². The minimum atomic E-state index is -4.01.